The molecule has 0 saturated carbocycles. The number of hydrogen-bond acceptors (Lipinski definition) is 5. The van der Waals surface area contributed by atoms with E-state index in [1.807, 2.05) is 0 Å². The van der Waals surface area contributed by atoms with Crippen molar-refractivity contribution in [2.24, 2.45) is 0 Å². The maximum Gasteiger partial charge on any atom is 0.411 e. The van der Waals surface area contributed by atoms with Crippen molar-refractivity contribution in [2.75, 3.05) is 21.3 Å². The van der Waals surface area contributed by atoms with Gasteiger partial charge in [0, 0.05) is 7.05 Å². The van der Waals surface area contributed by atoms with Crippen molar-refractivity contribution in [1.29, 1.82) is 0 Å². The molecule has 0 bridgehead atoms. The van der Waals surface area contributed by atoms with Crippen LogP contribution < -0.4 is 4.74 Å². The van der Waals surface area contributed by atoms with Gasteiger partial charge in [-0.15, -0.1) is 0 Å². The molecule has 1 rings (SSSR count). The van der Waals surface area contributed by atoms with Crippen LogP contribution >= 0.6 is 0 Å². The van der Waals surface area contributed by atoms with Crippen LogP contribution in [-0.2, 0) is 14.3 Å². The summed E-state index contributed by atoms with van der Waals surface area (Å²) in [5, 5.41) is 0. The predicted octanol–water partition coefficient (Wildman–Crippen LogP) is 2.78. The van der Waals surface area contributed by atoms with E-state index in [0.29, 0.717) is 11.3 Å². The van der Waals surface area contributed by atoms with Crippen molar-refractivity contribution in [3.63, 3.8) is 0 Å². The highest BCUT2D eigenvalue weighted by atomic mass is 16.6. The maximum atomic E-state index is 12.2. The van der Waals surface area contributed by atoms with Crippen LogP contribution in [0.4, 0.5) is 4.79 Å². The lowest BCUT2D eigenvalue weighted by molar-refractivity contribution is -0.146. The highest BCUT2D eigenvalue weighted by molar-refractivity contribution is 5.82. The molecule has 0 fully saturated rings. The molecule has 1 amide bonds. The van der Waals surface area contributed by atoms with Gasteiger partial charge in [-0.05, 0) is 38.5 Å². The van der Waals surface area contributed by atoms with Gasteiger partial charge in [0.1, 0.15) is 11.4 Å². The Kier molecular flexibility index (Phi) is 5.79. The van der Waals surface area contributed by atoms with Crippen molar-refractivity contribution in [2.45, 2.75) is 32.4 Å². The summed E-state index contributed by atoms with van der Waals surface area (Å²) in [7, 11) is 4.33. The molecular formula is C16H23NO5. The third-order valence-electron chi connectivity index (χ3n) is 2.92. The maximum absolute atomic E-state index is 12.2. The van der Waals surface area contributed by atoms with Crippen LogP contribution in [0.2, 0.25) is 0 Å². The summed E-state index contributed by atoms with van der Waals surface area (Å²) in [5.74, 6) is 0.116. The van der Waals surface area contributed by atoms with Gasteiger partial charge in [-0.2, -0.15) is 0 Å². The van der Waals surface area contributed by atoms with Gasteiger partial charge in [0.15, 0.2) is 6.04 Å². The summed E-state index contributed by atoms with van der Waals surface area (Å²) in [4.78, 5) is 25.5. The molecule has 0 heterocycles. The van der Waals surface area contributed by atoms with E-state index in [1.54, 1.807) is 52.1 Å². The Morgan fingerprint density at radius 1 is 1.09 bits per heavy atom. The molecule has 22 heavy (non-hydrogen) atoms. The SMILES string of the molecule is COC(=O)[C@@H](c1ccc(OC)cc1)N(C)C(=O)OC(C)(C)C. The Labute approximate surface area is 131 Å². The zero-order valence-electron chi connectivity index (χ0n) is 13.9. The highest BCUT2D eigenvalue weighted by Crippen LogP contribution is 2.25. The lowest BCUT2D eigenvalue weighted by Gasteiger charge is -2.29. The Balaban J connectivity index is 3.06. The second kappa shape index (κ2) is 7.15. The molecule has 0 spiro atoms. The minimum absolute atomic E-state index is 0.543. The quantitative estimate of drug-likeness (QED) is 0.800. The number of ether oxygens (including phenoxy) is 3. The lowest BCUT2D eigenvalue weighted by atomic mass is 10.1. The normalized spacial score (nSPS) is 12.3. The first kappa shape index (κ1) is 17.8. The van der Waals surface area contributed by atoms with Gasteiger partial charge in [-0.1, -0.05) is 12.1 Å². The monoisotopic (exact) mass is 309 g/mol. The molecule has 0 aliphatic carbocycles. The number of carbonyl (C=O) groups is 2. The number of likely N-dealkylation sites (N-methyl/N-ethyl adjacent to an activating group) is 1. The fraction of sp³-hybridized carbons (Fsp3) is 0.500. The van der Waals surface area contributed by atoms with Crippen molar-refractivity contribution in [1.82, 2.24) is 4.90 Å². The van der Waals surface area contributed by atoms with E-state index < -0.39 is 23.7 Å². The van der Waals surface area contributed by atoms with E-state index in [1.165, 1.54) is 19.1 Å². The number of rotatable bonds is 4. The van der Waals surface area contributed by atoms with Gasteiger partial charge >= 0.3 is 12.1 Å². The molecule has 6 heteroatoms. The highest BCUT2D eigenvalue weighted by Gasteiger charge is 2.32. The Hall–Kier alpha value is -2.24. The summed E-state index contributed by atoms with van der Waals surface area (Å²) in [5.41, 5.74) is -0.0349. The van der Waals surface area contributed by atoms with E-state index in [2.05, 4.69) is 0 Å². The van der Waals surface area contributed by atoms with Crippen molar-refractivity contribution < 1.29 is 23.8 Å². The zero-order valence-corrected chi connectivity index (χ0v) is 13.9. The van der Waals surface area contributed by atoms with Crippen LogP contribution in [0, 0.1) is 0 Å². The van der Waals surface area contributed by atoms with E-state index in [-0.39, 0.29) is 0 Å². The number of nitrogens with zero attached hydrogens (tertiary/aromatic N) is 1. The van der Waals surface area contributed by atoms with Gasteiger partial charge in [0.25, 0.3) is 0 Å². The smallest absolute Gasteiger partial charge is 0.411 e. The zero-order chi connectivity index (χ0) is 16.9. The molecule has 0 N–H and O–H groups in total. The molecule has 0 aromatic heterocycles. The van der Waals surface area contributed by atoms with Crippen LogP contribution in [0.15, 0.2) is 24.3 Å². The molecule has 0 saturated heterocycles. The van der Waals surface area contributed by atoms with Crippen LogP contribution in [0.5, 0.6) is 5.75 Å². The van der Waals surface area contributed by atoms with Crippen molar-refractivity contribution in [3.8, 4) is 5.75 Å². The molecule has 0 radical (unpaired) electrons. The first-order chi connectivity index (χ1) is 10.2. The third kappa shape index (κ3) is 4.65. The Bertz CT molecular complexity index is 518. The largest absolute Gasteiger partial charge is 0.497 e. The molecule has 0 aliphatic heterocycles. The summed E-state index contributed by atoms with van der Waals surface area (Å²) >= 11 is 0. The Morgan fingerprint density at radius 2 is 1.64 bits per heavy atom. The fourth-order valence-electron chi connectivity index (χ4n) is 1.85. The van der Waals surface area contributed by atoms with Crippen molar-refractivity contribution >= 4 is 12.1 Å². The second-order valence-electron chi connectivity index (χ2n) is 5.79. The summed E-state index contributed by atoms with van der Waals surface area (Å²) in [6.45, 7) is 5.29. The van der Waals surface area contributed by atoms with Crippen LogP contribution in [0.1, 0.15) is 32.4 Å². The Morgan fingerprint density at radius 3 is 2.05 bits per heavy atom. The van der Waals surface area contributed by atoms with Gasteiger partial charge in [-0.3, -0.25) is 4.90 Å². The molecular weight excluding hydrogens is 286 g/mol. The van der Waals surface area contributed by atoms with Crippen LogP contribution in [0.3, 0.4) is 0 Å². The molecule has 122 valence electrons. The van der Waals surface area contributed by atoms with Gasteiger partial charge in [-0.25, -0.2) is 9.59 Å². The van der Waals surface area contributed by atoms with E-state index in [0.717, 1.165) is 0 Å². The third-order valence-corrected chi connectivity index (χ3v) is 2.92. The second-order valence-corrected chi connectivity index (χ2v) is 5.79. The average molecular weight is 309 g/mol. The van der Waals surface area contributed by atoms with Gasteiger partial charge in [0.2, 0.25) is 0 Å². The van der Waals surface area contributed by atoms with E-state index >= 15 is 0 Å². The fourth-order valence-corrected chi connectivity index (χ4v) is 1.85. The number of amides is 1. The van der Waals surface area contributed by atoms with E-state index in [4.69, 9.17) is 14.2 Å². The first-order valence-corrected chi connectivity index (χ1v) is 6.87. The first-order valence-electron chi connectivity index (χ1n) is 6.87. The summed E-state index contributed by atoms with van der Waals surface area (Å²) in [6, 6.07) is 5.97. The molecule has 1 atom stereocenters. The van der Waals surface area contributed by atoms with Crippen LogP contribution in [0.25, 0.3) is 0 Å². The lowest BCUT2D eigenvalue weighted by Crippen LogP contribution is -2.40. The number of esters is 1. The molecule has 0 aliphatic rings. The van der Waals surface area contributed by atoms with E-state index in [9.17, 15) is 9.59 Å². The van der Waals surface area contributed by atoms with Crippen LogP contribution in [-0.4, -0.2) is 43.8 Å². The number of benzene rings is 1. The number of hydrogen-bond donors (Lipinski definition) is 0. The standard InChI is InChI=1S/C16H23NO5/c1-16(2,3)22-15(19)17(4)13(14(18)21-6)11-7-9-12(20-5)10-8-11/h7-10,13H,1-6H3/t13-/m1/s1. The molecule has 1 aromatic carbocycles. The van der Waals surface area contributed by atoms with Gasteiger partial charge in [0.05, 0.1) is 14.2 Å². The molecule has 1 aromatic rings. The molecule has 6 nitrogen and oxygen atoms in total. The molecule has 0 unspecified atom stereocenters. The minimum atomic E-state index is -0.884. The minimum Gasteiger partial charge on any atom is -0.497 e. The predicted molar refractivity (Wildman–Crippen MR) is 81.7 cm³/mol. The topological polar surface area (TPSA) is 65.1 Å². The summed E-state index contributed by atoms with van der Waals surface area (Å²) < 4.78 is 15.2. The van der Waals surface area contributed by atoms with Crippen molar-refractivity contribution in [3.05, 3.63) is 29.8 Å². The number of methoxy groups -OCH3 is 2. The average Bonchev–Trinajstić information content (AvgIpc) is 2.46. The number of carbonyl (C=O) groups excluding carboxylic acids is 2. The summed E-state index contributed by atoms with van der Waals surface area (Å²) in [6.07, 6.45) is -0.598. The van der Waals surface area contributed by atoms with Gasteiger partial charge < -0.3 is 14.2 Å².